The number of piperazine rings is 1. The minimum atomic E-state index is -3.85. The van der Waals surface area contributed by atoms with Gasteiger partial charge in [0.15, 0.2) is 11.6 Å². The van der Waals surface area contributed by atoms with Crippen LogP contribution in [-0.2, 0) is 24.4 Å². The summed E-state index contributed by atoms with van der Waals surface area (Å²) in [6, 6.07) is 12.7. The van der Waals surface area contributed by atoms with E-state index in [2.05, 4.69) is 35.2 Å². The fourth-order valence-corrected chi connectivity index (χ4v) is 11.0. The zero-order valence-electron chi connectivity index (χ0n) is 37.0. The molecule has 68 heavy (non-hydrogen) atoms. The first-order valence-electron chi connectivity index (χ1n) is 22.7. The molecule has 0 bridgehead atoms. The van der Waals surface area contributed by atoms with E-state index in [0.29, 0.717) is 99.8 Å². The second-order valence-electron chi connectivity index (χ2n) is 17.6. The lowest BCUT2D eigenvalue weighted by Gasteiger charge is -2.37. The second-order valence-corrected chi connectivity index (χ2v) is 19.5. The van der Waals surface area contributed by atoms with E-state index >= 15 is 8.78 Å². The highest BCUT2D eigenvalue weighted by molar-refractivity contribution is 7.93. The van der Waals surface area contributed by atoms with Crippen LogP contribution in [0.5, 0.6) is 11.5 Å². The molecule has 21 heteroatoms. The summed E-state index contributed by atoms with van der Waals surface area (Å²) >= 11 is 0. The number of nitriles is 1. The van der Waals surface area contributed by atoms with Crippen LogP contribution in [0, 0.1) is 23.0 Å². The molecule has 3 aromatic carbocycles. The van der Waals surface area contributed by atoms with Crippen LogP contribution in [0.4, 0.5) is 26.1 Å². The largest absolute Gasteiger partial charge is 0.453 e. The van der Waals surface area contributed by atoms with E-state index in [0.717, 1.165) is 25.3 Å². The van der Waals surface area contributed by atoms with Crippen molar-refractivity contribution in [1.29, 1.82) is 5.26 Å². The van der Waals surface area contributed by atoms with E-state index in [1.807, 2.05) is 15.9 Å². The molecule has 5 heterocycles. The molecular formula is C47H49F2N11O7S. The Hall–Kier alpha value is -7.05. The molecule has 0 spiro atoms. The first-order chi connectivity index (χ1) is 32.8. The number of likely N-dealkylation sites (tertiary alicyclic amines) is 1. The van der Waals surface area contributed by atoms with Gasteiger partial charge in [0.1, 0.15) is 35.6 Å². The first kappa shape index (κ1) is 46.1. The average molecular weight is 950 g/mol. The van der Waals surface area contributed by atoms with Crippen LogP contribution in [0.25, 0.3) is 16.6 Å². The van der Waals surface area contributed by atoms with Crippen molar-refractivity contribution in [2.24, 2.45) is 0 Å². The van der Waals surface area contributed by atoms with Crippen molar-refractivity contribution in [2.75, 3.05) is 60.8 Å². The number of amides is 3. The lowest BCUT2D eigenvalue weighted by Crippen LogP contribution is -2.52. The number of anilines is 3. The van der Waals surface area contributed by atoms with Gasteiger partial charge in [0, 0.05) is 38.3 Å². The van der Waals surface area contributed by atoms with Gasteiger partial charge in [0.2, 0.25) is 33.7 Å². The number of rotatable bonds is 12. The normalized spacial score (nSPS) is 18.8. The summed E-state index contributed by atoms with van der Waals surface area (Å²) in [7, 11) is -3.85. The number of nitrogens with one attached hydrogen (secondary N) is 3. The quantitative estimate of drug-likeness (QED) is 0.141. The third-order valence-corrected chi connectivity index (χ3v) is 15.1. The molecule has 1 aliphatic carbocycles. The van der Waals surface area contributed by atoms with E-state index in [4.69, 9.17) is 4.74 Å². The molecule has 3 amide bonds. The number of sulfonamides is 1. The number of aromatic nitrogens is 4. The summed E-state index contributed by atoms with van der Waals surface area (Å²) in [6.45, 7) is 3.44. The van der Waals surface area contributed by atoms with Crippen molar-refractivity contribution in [3.8, 4) is 23.3 Å². The number of imide groups is 1. The van der Waals surface area contributed by atoms with Gasteiger partial charge in [-0.1, -0.05) is 25.3 Å². The highest BCUT2D eigenvalue weighted by Gasteiger charge is 2.31. The third kappa shape index (κ3) is 9.96. The number of hydrogen-bond donors (Lipinski definition) is 3. The van der Waals surface area contributed by atoms with Crippen LogP contribution in [0.3, 0.4) is 0 Å². The molecule has 4 fully saturated rings. The van der Waals surface area contributed by atoms with Gasteiger partial charge in [0.05, 0.1) is 46.5 Å². The van der Waals surface area contributed by atoms with Crippen molar-refractivity contribution in [2.45, 2.75) is 75.0 Å². The Balaban J connectivity index is 0.781. The third-order valence-electron chi connectivity index (χ3n) is 13.2. The van der Waals surface area contributed by atoms with Crippen molar-refractivity contribution in [3.63, 3.8) is 0 Å². The van der Waals surface area contributed by atoms with E-state index in [1.54, 1.807) is 12.1 Å². The van der Waals surface area contributed by atoms with Crippen molar-refractivity contribution >= 4 is 56.0 Å². The zero-order valence-corrected chi connectivity index (χ0v) is 37.8. The van der Waals surface area contributed by atoms with Crippen LogP contribution >= 0.6 is 0 Å². The Morgan fingerprint density at radius 3 is 2.32 bits per heavy atom. The number of piperidine rings is 2. The molecule has 354 valence electrons. The van der Waals surface area contributed by atoms with Gasteiger partial charge in [-0.3, -0.25) is 38.7 Å². The van der Waals surface area contributed by atoms with Gasteiger partial charge < -0.3 is 19.9 Å². The van der Waals surface area contributed by atoms with Crippen LogP contribution in [0.2, 0.25) is 0 Å². The molecule has 3 N–H and O–H groups in total. The molecule has 4 aliphatic rings. The van der Waals surface area contributed by atoms with Gasteiger partial charge in [-0.05, 0) is 99.1 Å². The number of carbonyl (C=O) groups excluding carboxylic acids is 3. The summed E-state index contributed by atoms with van der Waals surface area (Å²) in [5.74, 6) is -2.03. The molecule has 9 rings (SSSR count). The maximum Gasteiger partial charge on any atom is 0.266 e. The number of halogens is 2. The molecule has 3 saturated heterocycles. The number of nitrogens with zero attached hydrogens (tertiary/aromatic N) is 8. The lowest BCUT2D eigenvalue weighted by atomic mass is 9.89. The van der Waals surface area contributed by atoms with Gasteiger partial charge in [-0.25, -0.2) is 32.2 Å². The molecule has 0 radical (unpaired) electrons. The Kier molecular flexibility index (Phi) is 13.3. The molecule has 18 nitrogen and oxygen atoms in total. The molecule has 0 unspecified atom stereocenters. The van der Waals surface area contributed by atoms with E-state index < -0.39 is 44.3 Å². The first-order valence-corrected chi connectivity index (χ1v) is 24.3. The van der Waals surface area contributed by atoms with Crippen molar-refractivity contribution in [1.82, 2.24) is 34.6 Å². The van der Waals surface area contributed by atoms with Gasteiger partial charge in [-0.15, -0.1) is 0 Å². The summed E-state index contributed by atoms with van der Waals surface area (Å²) in [5.41, 5.74) is 0.795. The average Bonchev–Trinajstić information content (AvgIpc) is 3.34. The minimum Gasteiger partial charge on any atom is -0.453 e. The number of carbonyl (C=O) groups is 3. The van der Waals surface area contributed by atoms with Crippen LogP contribution in [0.15, 0.2) is 72.0 Å². The highest BCUT2D eigenvalue weighted by atomic mass is 32.2. The van der Waals surface area contributed by atoms with Gasteiger partial charge in [0.25, 0.3) is 5.56 Å². The van der Waals surface area contributed by atoms with E-state index in [-0.39, 0.29) is 58.9 Å². The summed E-state index contributed by atoms with van der Waals surface area (Å²) in [4.78, 5) is 70.1. The summed E-state index contributed by atoms with van der Waals surface area (Å²) in [5, 5.41) is 14.8. The van der Waals surface area contributed by atoms with Gasteiger partial charge >= 0.3 is 0 Å². The minimum absolute atomic E-state index is 0.00358. The summed E-state index contributed by atoms with van der Waals surface area (Å²) in [6.07, 6.45) is 9.78. The smallest absolute Gasteiger partial charge is 0.266 e. The zero-order chi connectivity index (χ0) is 47.5. The molecular weight excluding hydrogens is 901 g/mol. The number of fused-ring (bicyclic) bond motifs is 1. The van der Waals surface area contributed by atoms with Crippen LogP contribution in [-0.4, -0.2) is 113 Å². The fourth-order valence-electron chi connectivity index (χ4n) is 9.36. The highest BCUT2D eigenvalue weighted by Crippen LogP contribution is 2.36. The molecule has 1 saturated carbocycles. The van der Waals surface area contributed by atoms with Crippen molar-refractivity contribution < 1.29 is 36.3 Å². The molecule has 2 aromatic heterocycles. The topological polar surface area (TPSA) is 225 Å². The Morgan fingerprint density at radius 1 is 0.868 bits per heavy atom. The van der Waals surface area contributed by atoms with Crippen molar-refractivity contribution in [3.05, 3.63) is 100 Å². The van der Waals surface area contributed by atoms with Crippen LogP contribution in [0.1, 0.15) is 74.8 Å². The van der Waals surface area contributed by atoms with E-state index in [1.165, 1.54) is 53.6 Å². The SMILES string of the molecule is N#Cc1c(NS(=O)(=O)C2CCCCC2)ccc(F)c1Oc1ccc2ncn(-c3cnc(N4CCN(C(=O)CN5CCC(c6ccc(N[C@H]7CCC(=O)NC7=O)cc6F)CC5)CC4)nc3)c(=O)c2c1. The molecule has 5 aromatic rings. The Bertz CT molecular complexity index is 2960. The number of ether oxygens (including phenoxy) is 1. The standard InChI is InChI=1S/C47H49F2N11O7S/c48-37-9-11-40(56-68(65,66)33-4-2-1-3-5-33)36(24-50)44(37)67-32-7-10-39-35(23-32)46(64)60(28-53-39)31-25-51-47(52-26-31)59-20-18-58(19-21-59)43(62)27-57-16-14-29(15-17-57)34-8-6-30(22-38(34)49)54-41-12-13-42(61)55-45(41)63/h6-11,22-23,25-26,28-29,33,41,54,56H,1-5,12-21,27H2,(H,55,61,63)/t41-/m0/s1. The maximum absolute atomic E-state index is 15.3. The van der Waals surface area contributed by atoms with Gasteiger partial charge in [-0.2, -0.15) is 5.26 Å². The number of benzene rings is 3. The Morgan fingerprint density at radius 2 is 1.62 bits per heavy atom. The molecule has 3 aliphatic heterocycles. The predicted molar refractivity (Wildman–Crippen MR) is 247 cm³/mol. The monoisotopic (exact) mass is 949 g/mol. The summed E-state index contributed by atoms with van der Waals surface area (Å²) < 4.78 is 66.3. The Labute approximate surface area is 390 Å². The predicted octanol–water partition coefficient (Wildman–Crippen LogP) is 4.94. The number of hydrogen-bond acceptors (Lipinski definition) is 14. The van der Waals surface area contributed by atoms with E-state index in [9.17, 15) is 32.9 Å². The molecule has 1 atom stereocenters. The lowest BCUT2D eigenvalue weighted by molar-refractivity contribution is -0.134. The maximum atomic E-state index is 15.3. The van der Waals surface area contributed by atoms with Crippen LogP contribution < -0.4 is 30.6 Å². The fraction of sp³-hybridized carbons (Fsp3) is 0.404. The second kappa shape index (κ2) is 19.7.